The van der Waals surface area contributed by atoms with Crippen LogP contribution in [0.3, 0.4) is 0 Å². The average molecular weight is 563 g/mol. The van der Waals surface area contributed by atoms with Crippen molar-refractivity contribution in [1.29, 1.82) is 0 Å². The lowest BCUT2D eigenvalue weighted by atomic mass is 9.78. The Kier molecular flexibility index (Phi) is 10.0. The van der Waals surface area contributed by atoms with Gasteiger partial charge in [0.05, 0.1) is 12.5 Å². The van der Waals surface area contributed by atoms with Crippen LogP contribution in [0.2, 0.25) is 0 Å². The molecular weight excluding hydrogens is 525 g/mol. The largest absolute Gasteiger partial charge is 0.432 e. The van der Waals surface area contributed by atoms with Crippen molar-refractivity contribution in [3.8, 4) is 5.75 Å². The van der Waals surface area contributed by atoms with E-state index in [0.717, 1.165) is 25.7 Å². The van der Waals surface area contributed by atoms with Crippen LogP contribution in [0.5, 0.6) is 5.75 Å². The second-order valence-corrected chi connectivity index (χ2v) is 11.3. The lowest BCUT2D eigenvalue weighted by molar-refractivity contribution is -0.223. The van der Waals surface area contributed by atoms with Gasteiger partial charge in [-0.15, -0.1) is 0 Å². The molecule has 2 nitrogen and oxygen atoms in total. The van der Waals surface area contributed by atoms with Gasteiger partial charge in [0.15, 0.2) is 23.3 Å². The molecule has 9 heteroatoms. The summed E-state index contributed by atoms with van der Waals surface area (Å²) >= 11 is 0. The van der Waals surface area contributed by atoms with Crippen LogP contribution in [0.15, 0.2) is 35.9 Å². The summed E-state index contributed by atoms with van der Waals surface area (Å²) in [5, 5.41) is 0. The fourth-order valence-electron chi connectivity index (χ4n) is 6.04. The van der Waals surface area contributed by atoms with E-state index in [4.69, 9.17) is 4.74 Å². The maximum Gasteiger partial charge on any atom is 0.400 e. The van der Waals surface area contributed by atoms with E-state index >= 15 is 0 Å². The first-order chi connectivity index (χ1) is 18.6. The molecule has 0 amide bonds. The number of rotatable bonds is 8. The predicted molar refractivity (Wildman–Crippen MR) is 134 cm³/mol. The Morgan fingerprint density at radius 3 is 1.92 bits per heavy atom. The first kappa shape index (κ1) is 29.9. The highest BCUT2D eigenvalue weighted by Gasteiger charge is 2.44. The molecule has 3 aliphatic rings. The van der Waals surface area contributed by atoms with Gasteiger partial charge in [-0.25, -0.2) is 22.0 Å². The Morgan fingerprint density at radius 2 is 1.41 bits per heavy atom. The predicted octanol–water partition coefficient (Wildman–Crippen LogP) is 9.60. The number of hydrogen-bond donors (Lipinski definition) is 0. The molecule has 2 saturated carbocycles. The zero-order chi connectivity index (χ0) is 28.2. The minimum absolute atomic E-state index is 0.111. The Hall–Kier alpha value is -2.03. The third kappa shape index (κ3) is 7.59. The van der Waals surface area contributed by atoms with Crippen molar-refractivity contribution in [3.05, 3.63) is 53.4 Å². The van der Waals surface area contributed by atoms with Crippen LogP contribution < -0.4 is 4.74 Å². The number of ether oxygens (including phenoxy) is 2. The molecule has 2 unspecified atom stereocenters. The van der Waals surface area contributed by atoms with Crippen molar-refractivity contribution >= 4 is 0 Å². The first-order valence-electron chi connectivity index (χ1n) is 14.1. The van der Waals surface area contributed by atoms with Crippen molar-refractivity contribution in [1.82, 2.24) is 0 Å². The van der Waals surface area contributed by atoms with Crippen molar-refractivity contribution in [3.63, 3.8) is 0 Å². The van der Waals surface area contributed by atoms with Gasteiger partial charge in [0.1, 0.15) is 17.7 Å². The van der Waals surface area contributed by atoms with Gasteiger partial charge in [-0.05, 0) is 82.0 Å². The van der Waals surface area contributed by atoms with Gasteiger partial charge >= 0.3 is 6.11 Å². The van der Waals surface area contributed by atoms with Crippen molar-refractivity contribution in [2.75, 3.05) is 6.61 Å². The maximum absolute atomic E-state index is 14.9. The van der Waals surface area contributed by atoms with Crippen LogP contribution in [0, 0.1) is 47.0 Å². The van der Waals surface area contributed by atoms with Crippen LogP contribution in [0.4, 0.5) is 30.7 Å². The number of alkyl halides is 2. The van der Waals surface area contributed by atoms with Gasteiger partial charge < -0.3 is 9.47 Å². The highest BCUT2D eigenvalue weighted by Crippen LogP contribution is 2.42. The normalized spacial score (nSPS) is 31.3. The number of allylic oxidation sites excluding steroid dienone is 3. The van der Waals surface area contributed by atoms with Crippen LogP contribution in [0.1, 0.15) is 77.6 Å². The van der Waals surface area contributed by atoms with Gasteiger partial charge in [-0.2, -0.15) is 8.78 Å². The molecule has 0 aromatic heterocycles. The van der Waals surface area contributed by atoms with Crippen molar-refractivity contribution < 1.29 is 40.2 Å². The lowest BCUT2D eigenvalue weighted by Crippen LogP contribution is -2.37. The Morgan fingerprint density at radius 1 is 0.846 bits per heavy atom. The van der Waals surface area contributed by atoms with E-state index in [1.54, 1.807) is 0 Å². The van der Waals surface area contributed by atoms with E-state index in [1.807, 2.05) is 6.08 Å². The second kappa shape index (κ2) is 13.1. The molecule has 218 valence electrons. The molecular formula is C30H37F7O2. The molecule has 2 aliphatic carbocycles. The molecule has 1 aromatic rings. The molecule has 1 heterocycles. The molecule has 39 heavy (non-hydrogen) atoms. The number of hydrogen-bond acceptors (Lipinski definition) is 2. The van der Waals surface area contributed by atoms with Gasteiger partial charge in [0.25, 0.3) is 0 Å². The van der Waals surface area contributed by atoms with Crippen LogP contribution >= 0.6 is 0 Å². The minimum atomic E-state index is -3.64. The van der Waals surface area contributed by atoms with Crippen LogP contribution in [-0.2, 0) is 4.74 Å². The summed E-state index contributed by atoms with van der Waals surface area (Å²) in [5.74, 6) is -7.86. The summed E-state index contributed by atoms with van der Waals surface area (Å²) in [6, 6.07) is 0.827. The fourth-order valence-corrected chi connectivity index (χ4v) is 6.04. The van der Waals surface area contributed by atoms with Gasteiger partial charge in [0, 0.05) is 18.1 Å². The molecule has 0 N–H and O–H groups in total. The zero-order valence-corrected chi connectivity index (χ0v) is 22.2. The van der Waals surface area contributed by atoms with E-state index in [1.165, 1.54) is 0 Å². The smallest absolute Gasteiger partial charge is 0.400 e. The zero-order valence-electron chi connectivity index (χ0n) is 22.2. The lowest BCUT2D eigenvalue weighted by Gasteiger charge is -2.33. The van der Waals surface area contributed by atoms with Crippen LogP contribution in [-0.4, -0.2) is 18.8 Å². The van der Waals surface area contributed by atoms with Crippen LogP contribution in [0.25, 0.3) is 0 Å². The van der Waals surface area contributed by atoms with Gasteiger partial charge in [0.2, 0.25) is 0 Å². The molecule has 0 bridgehead atoms. The van der Waals surface area contributed by atoms with E-state index in [-0.39, 0.29) is 24.7 Å². The SMILES string of the molecule is CCC1CCC(/C(F)=C(\F)C2CCC(/C=C/C3CCC(C(F)(F)Oc4cc(F)c(F)c(F)c4)CC3)CC2)OC1. The van der Waals surface area contributed by atoms with E-state index in [2.05, 4.69) is 17.7 Å². The van der Waals surface area contributed by atoms with E-state index in [0.29, 0.717) is 56.8 Å². The highest BCUT2D eigenvalue weighted by atomic mass is 19.3. The summed E-state index contributed by atoms with van der Waals surface area (Å²) < 4.78 is 109. The topological polar surface area (TPSA) is 18.5 Å². The molecule has 4 rings (SSSR count). The molecule has 2 atom stereocenters. The standard InChI is InChI=1S/C30H37F7O2/c1-2-18-9-14-26(38-17-18)29(35)27(33)21-10-5-19(6-11-21)3-4-20-7-12-22(13-8-20)30(36,37)39-23-15-24(31)28(34)25(32)16-23/h3-4,15-16,18-22,26H,2,5-14,17H2,1H3/b4-3+,29-27+. The van der Waals surface area contributed by atoms with Gasteiger partial charge in [-0.3, -0.25) is 0 Å². The molecule has 1 aliphatic heterocycles. The molecule has 1 aromatic carbocycles. The number of halogens is 7. The molecule has 0 spiro atoms. The summed E-state index contributed by atoms with van der Waals surface area (Å²) in [4.78, 5) is 0. The first-order valence-corrected chi connectivity index (χ1v) is 14.1. The third-order valence-corrected chi connectivity index (χ3v) is 8.70. The Balaban J connectivity index is 1.21. The van der Waals surface area contributed by atoms with Gasteiger partial charge in [-0.1, -0.05) is 25.5 Å². The summed E-state index contributed by atoms with van der Waals surface area (Å²) in [7, 11) is 0. The second-order valence-electron chi connectivity index (χ2n) is 11.3. The molecule has 3 fully saturated rings. The Bertz CT molecular complexity index is 993. The van der Waals surface area contributed by atoms with E-state index < -0.39 is 58.9 Å². The maximum atomic E-state index is 14.9. The third-order valence-electron chi connectivity index (χ3n) is 8.70. The van der Waals surface area contributed by atoms with E-state index in [9.17, 15) is 30.7 Å². The highest BCUT2D eigenvalue weighted by molar-refractivity contribution is 5.25. The summed E-state index contributed by atoms with van der Waals surface area (Å²) in [6.07, 6.45) is 5.96. The molecule has 1 saturated heterocycles. The minimum Gasteiger partial charge on any atom is -0.432 e. The summed E-state index contributed by atoms with van der Waals surface area (Å²) in [6.45, 7) is 2.54. The number of benzene rings is 1. The van der Waals surface area contributed by atoms with Crippen molar-refractivity contribution in [2.45, 2.75) is 89.8 Å². The average Bonchev–Trinajstić information content (AvgIpc) is 2.94. The fraction of sp³-hybridized carbons (Fsp3) is 0.667. The van der Waals surface area contributed by atoms with Crippen molar-refractivity contribution in [2.24, 2.45) is 29.6 Å². The quantitative estimate of drug-likeness (QED) is 0.178. The summed E-state index contributed by atoms with van der Waals surface area (Å²) in [5.41, 5.74) is 0. The monoisotopic (exact) mass is 562 g/mol. The Labute approximate surface area is 225 Å². The molecule has 0 radical (unpaired) electrons.